The van der Waals surface area contributed by atoms with Crippen LogP contribution in [0.5, 0.6) is 5.75 Å². The maximum Gasteiger partial charge on any atom is 0.223 e. The van der Waals surface area contributed by atoms with Crippen LogP contribution in [0.4, 0.5) is 0 Å². The number of ether oxygens (including phenoxy) is 1. The predicted octanol–water partition coefficient (Wildman–Crippen LogP) is 3.84. The molecule has 120 valence electrons. The number of likely N-dealkylation sites (tertiary alicyclic amines) is 1. The Balaban J connectivity index is 1.85. The SMILES string of the molecule is COc1ccc(C(CC(=O)N2CCCC2)c2ccccc2)cc1. The van der Waals surface area contributed by atoms with Gasteiger partial charge in [-0.05, 0) is 36.1 Å². The van der Waals surface area contributed by atoms with Crippen molar-refractivity contribution >= 4 is 5.91 Å². The summed E-state index contributed by atoms with van der Waals surface area (Å²) in [5.41, 5.74) is 2.34. The molecule has 1 atom stereocenters. The lowest BCUT2D eigenvalue weighted by molar-refractivity contribution is -0.130. The van der Waals surface area contributed by atoms with Crippen molar-refractivity contribution in [2.24, 2.45) is 0 Å². The number of benzene rings is 2. The van der Waals surface area contributed by atoms with Gasteiger partial charge in [0.05, 0.1) is 7.11 Å². The van der Waals surface area contributed by atoms with Gasteiger partial charge in [-0.2, -0.15) is 0 Å². The summed E-state index contributed by atoms with van der Waals surface area (Å²) in [6, 6.07) is 18.3. The van der Waals surface area contributed by atoms with E-state index in [4.69, 9.17) is 4.74 Å². The topological polar surface area (TPSA) is 29.5 Å². The number of carbonyl (C=O) groups excluding carboxylic acids is 1. The van der Waals surface area contributed by atoms with E-state index in [2.05, 4.69) is 24.3 Å². The van der Waals surface area contributed by atoms with Crippen LogP contribution in [0.2, 0.25) is 0 Å². The standard InChI is InChI=1S/C20H23NO2/c1-23-18-11-9-17(10-12-18)19(16-7-3-2-4-8-16)15-20(22)21-13-5-6-14-21/h2-4,7-12,19H,5-6,13-15H2,1H3. The second-order valence-corrected chi connectivity index (χ2v) is 6.03. The lowest BCUT2D eigenvalue weighted by Gasteiger charge is -2.22. The van der Waals surface area contributed by atoms with Crippen molar-refractivity contribution in [1.29, 1.82) is 0 Å². The third-order valence-corrected chi connectivity index (χ3v) is 4.56. The molecule has 1 aliphatic rings. The number of methoxy groups -OCH3 is 1. The molecule has 1 unspecified atom stereocenters. The monoisotopic (exact) mass is 309 g/mol. The van der Waals surface area contributed by atoms with Gasteiger partial charge in [-0.15, -0.1) is 0 Å². The third-order valence-electron chi connectivity index (χ3n) is 4.56. The van der Waals surface area contributed by atoms with Gasteiger partial charge in [0.25, 0.3) is 0 Å². The lowest BCUT2D eigenvalue weighted by Crippen LogP contribution is -2.29. The molecule has 1 heterocycles. The second-order valence-electron chi connectivity index (χ2n) is 6.03. The van der Waals surface area contributed by atoms with Gasteiger partial charge in [-0.3, -0.25) is 4.79 Å². The van der Waals surface area contributed by atoms with E-state index in [1.54, 1.807) is 7.11 Å². The first-order valence-electron chi connectivity index (χ1n) is 8.24. The summed E-state index contributed by atoms with van der Waals surface area (Å²) in [5, 5.41) is 0. The minimum atomic E-state index is 0.0928. The Bertz CT molecular complexity index is 630. The fraction of sp³-hybridized carbons (Fsp3) is 0.350. The van der Waals surface area contributed by atoms with E-state index in [9.17, 15) is 4.79 Å². The molecular weight excluding hydrogens is 286 g/mol. The summed E-state index contributed by atoms with van der Waals surface area (Å²) in [4.78, 5) is 14.6. The second kappa shape index (κ2) is 7.32. The Morgan fingerprint density at radius 1 is 1.00 bits per heavy atom. The van der Waals surface area contributed by atoms with Crippen LogP contribution in [0, 0.1) is 0 Å². The molecule has 3 rings (SSSR count). The zero-order valence-electron chi connectivity index (χ0n) is 13.6. The van der Waals surface area contributed by atoms with E-state index < -0.39 is 0 Å². The molecule has 0 saturated carbocycles. The van der Waals surface area contributed by atoms with Crippen LogP contribution in [-0.2, 0) is 4.79 Å². The first-order chi connectivity index (χ1) is 11.3. The normalized spacial score (nSPS) is 15.4. The lowest BCUT2D eigenvalue weighted by atomic mass is 9.88. The molecule has 1 fully saturated rings. The van der Waals surface area contributed by atoms with Crippen LogP contribution in [-0.4, -0.2) is 31.0 Å². The number of nitrogens with zero attached hydrogens (tertiary/aromatic N) is 1. The van der Waals surface area contributed by atoms with E-state index in [1.807, 2.05) is 35.2 Å². The minimum absolute atomic E-state index is 0.0928. The zero-order valence-corrected chi connectivity index (χ0v) is 13.6. The number of amides is 1. The van der Waals surface area contributed by atoms with Crippen molar-refractivity contribution in [2.45, 2.75) is 25.2 Å². The molecule has 2 aromatic carbocycles. The van der Waals surface area contributed by atoms with Crippen LogP contribution < -0.4 is 4.74 Å². The molecule has 0 bridgehead atoms. The van der Waals surface area contributed by atoms with Gasteiger partial charge < -0.3 is 9.64 Å². The molecule has 1 saturated heterocycles. The van der Waals surface area contributed by atoms with Gasteiger partial charge >= 0.3 is 0 Å². The van der Waals surface area contributed by atoms with E-state index in [1.165, 1.54) is 5.56 Å². The highest BCUT2D eigenvalue weighted by molar-refractivity contribution is 5.78. The van der Waals surface area contributed by atoms with E-state index in [-0.39, 0.29) is 11.8 Å². The fourth-order valence-electron chi connectivity index (χ4n) is 3.22. The molecule has 0 aromatic heterocycles. The van der Waals surface area contributed by atoms with Crippen LogP contribution in [0.15, 0.2) is 54.6 Å². The molecule has 0 radical (unpaired) electrons. The van der Waals surface area contributed by atoms with Gasteiger partial charge in [-0.1, -0.05) is 42.5 Å². The summed E-state index contributed by atoms with van der Waals surface area (Å²) in [5.74, 6) is 1.19. The number of hydrogen-bond donors (Lipinski definition) is 0. The molecular formula is C20H23NO2. The molecule has 0 spiro atoms. The smallest absolute Gasteiger partial charge is 0.223 e. The first-order valence-corrected chi connectivity index (χ1v) is 8.24. The summed E-state index contributed by atoms with van der Waals surface area (Å²) >= 11 is 0. The van der Waals surface area contributed by atoms with Crippen LogP contribution in [0.25, 0.3) is 0 Å². The van der Waals surface area contributed by atoms with Crippen molar-refractivity contribution in [3.05, 3.63) is 65.7 Å². The Morgan fingerprint density at radius 3 is 2.22 bits per heavy atom. The van der Waals surface area contributed by atoms with Crippen molar-refractivity contribution in [1.82, 2.24) is 4.90 Å². The summed E-state index contributed by atoms with van der Waals surface area (Å²) in [7, 11) is 1.67. The zero-order chi connectivity index (χ0) is 16.1. The highest BCUT2D eigenvalue weighted by Gasteiger charge is 2.23. The van der Waals surface area contributed by atoms with Crippen molar-refractivity contribution < 1.29 is 9.53 Å². The molecule has 1 aliphatic heterocycles. The highest BCUT2D eigenvalue weighted by atomic mass is 16.5. The van der Waals surface area contributed by atoms with Crippen LogP contribution in [0.3, 0.4) is 0 Å². The van der Waals surface area contributed by atoms with Gasteiger partial charge in [0.15, 0.2) is 0 Å². The average Bonchev–Trinajstić information content (AvgIpc) is 3.15. The molecule has 3 heteroatoms. The van der Waals surface area contributed by atoms with Gasteiger partial charge in [0, 0.05) is 25.4 Å². The predicted molar refractivity (Wildman–Crippen MR) is 91.7 cm³/mol. The molecule has 0 aliphatic carbocycles. The number of hydrogen-bond acceptors (Lipinski definition) is 2. The Kier molecular flexibility index (Phi) is 4.96. The van der Waals surface area contributed by atoms with Gasteiger partial charge in [0.2, 0.25) is 5.91 Å². The number of rotatable bonds is 5. The van der Waals surface area contributed by atoms with Crippen molar-refractivity contribution in [3.63, 3.8) is 0 Å². The third kappa shape index (κ3) is 3.73. The molecule has 3 nitrogen and oxygen atoms in total. The largest absolute Gasteiger partial charge is 0.497 e. The molecule has 1 amide bonds. The van der Waals surface area contributed by atoms with E-state index >= 15 is 0 Å². The van der Waals surface area contributed by atoms with Crippen molar-refractivity contribution in [3.8, 4) is 5.75 Å². The Hall–Kier alpha value is -2.29. The van der Waals surface area contributed by atoms with Crippen molar-refractivity contribution in [2.75, 3.05) is 20.2 Å². The Labute approximate surface area is 137 Å². The molecule has 0 N–H and O–H groups in total. The van der Waals surface area contributed by atoms with Crippen LogP contribution >= 0.6 is 0 Å². The quantitative estimate of drug-likeness (QED) is 0.840. The van der Waals surface area contributed by atoms with Crippen LogP contribution in [0.1, 0.15) is 36.3 Å². The minimum Gasteiger partial charge on any atom is -0.497 e. The average molecular weight is 309 g/mol. The first kappa shape index (κ1) is 15.6. The fourth-order valence-corrected chi connectivity index (χ4v) is 3.22. The van der Waals surface area contributed by atoms with Gasteiger partial charge in [0.1, 0.15) is 5.75 Å². The molecule has 23 heavy (non-hydrogen) atoms. The summed E-state index contributed by atoms with van der Waals surface area (Å²) < 4.78 is 5.24. The summed E-state index contributed by atoms with van der Waals surface area (Å²) in [6.07, 6.45) is 2.78. The highest BCUT2D eigenvalue weighted by Crippen LogP contribution is 2.30. The Morgan fingerprint density at radius 2 is 1.61 bits per heavy atom. The van der Waals surface area contributed by atoms with Gasteiger partial charge in [-0.25, -0.2) is 0 Å². The molecule has 2 aromatic rings. The number of carbonyl (C=O) groups is 1. The van der Waals surface area contributed by atoms with E-state index in [0.717, 1.165) is 37.2 Å². The maximum absolute atomic E-state index is 12.6. The van der Waals surface area contributed by atoms with E-state index in [0.29, 0.717) is 6.42 Å². The summed E-state index contributed by atoms with van der Waals surface area (Å²) in [6.45, 7) is 1.81. The maximum atomic E-state index is 12.6.